The number of rotatable bonds is 8. The van der Waals surface area contributed by atoms with E-state index in [0.717, 1.165) is 31.4 Å². The Balaban J connectivity index is 0.795. The van der Waals surface area contributed by atoms with Gasteiger partial charge in [-0.05, 0) is 137 Å². The van der Waals surface area contributed by atoms with E-state index < -0.39 is 0 Å². The molecular formula is C49H35NO. The van der Waals surface area contributed by atoms with Crippen LogP contribution in [0.3, 0.4) is 0 Å². The van der Waals surface area contributed by atoms with Crippen molar-refractivity contribution in [3.63, 3.8) is 0 Å². The third-order valence-electron chi connectivity index (χ3n) is 11.0. The normalized spacial score (nSPS) is 11.9. The fourth-order valence-corrected chi connectivity index (χ4v) is 8.37. The molecule has 2 nitrogen and oxygen atoms in total. The monoisotopic (exact) mass is 653 g/mol. The molecule has 10 rings (SSSR count). The lowest BCUT2D eigenvalue weighted by Gasteiger charge is -2.14. The molecule has 0 aliphatic heterocycles. The highest BCUT2D eigenvalue weighted by molar-refractivity contribution is 6.24. The topological polar surface area (TPSA) is 29.1 Å². The molecule has 0 heterocycles. The first-order chi connectivity index (χ1) is 25.2. The van der Waals surface area contributed by atoms with Crippen molar-refractivity contribution in [2.24, 2.45) is 0 Å². The van der Waals surface area contributed by atoms with E-state index in [9.17, 15) is 4.79 Å². The fraction of sp³-hybridized carbons (Fsp3) is 0.0816. The molecule has 0 aliphatic rings. The maximum Gasteiger partial charge on any atom is 0.255 e. The summed E-state index contributed by atoms with van der Waals surface area (Å²) in [4.78, 5) is 13.2. The zero-order chi connectivity index (χ0) is 33.9. The summed E-state index contributed by atoms with van der Waals surface area (Å²) in [6, 6.07) is 56.6. The predicted octanol–water partition coefficient (Wildman–Crippen LogP) is 12.3. The van der Waals surface area contributed by atoms with Crippen molar-refractivity contribution in [1.29, 1.82) is 0 Å². The van der Waals surface area contributed by atoms with Crippen molar-refractivity contribution >= 4 is 76.2 Å². The molecule has 1 amide bonds. The molecule has 10 aromatic rings. The van der Waals surface area contributed by atoms with Crippen LogP contribution < -0.4 is 5.32 Å². The second-order valence-electron chi connectivity index (χ2n) is 14.0. The van der Waals surface area contributed by atoms with Crippen molar-refractivity contribution in [2.75, 3.05) is 5.32 Å². The van der Waals surface area contributed by atoms with E-state index in [0.29, 0.717) is 5.56 Å². The van der Waals surface area contributed by atoms with E-state index in [1.165, 1.54) is 86.9 Å². The lowest BCUT2D eigenvalue weighted by molar-refractivity contribution is 0.102. The van der Waals surface area contributed by atoms with Crippen LogP contribution in [-0.2, 0) is 25.7 Å². The van der Waals surface area contributed by atoms with E-state index in [2.05, 4.69) is 139 Å². The lowest BCUT2D eigenvalue weighted by Crippen LogP contribution is -2.11. The Morgan fingerprint density at radius 2 is 0.765 bits per heavy atom. The van der Waals surface area contributed by atoms with Crippen LogP contribution >= 0.6 is 0 Å². The summed E-state index contributed by atoms with van der Waals surface area (Å²) in [5, 5.41) is 19.0. The molecule has 10 aromatic carbocycles. The lowest BCUT2D eigenvalue weighted by atomic mass is 9.90. The summed E-state index contributed by atoms with van der Waals surface area (Å²) >= 11 is 0. The van der Waals surface area contributed by atoms with Crippen molar-refractivity contribution < 1.29 is 4.79 Å². The minimum Gasteiger partial charge on any atom is -0.322 e. The summed E-state index contributed by atoms with van der Waals surface area (Å²) in [6.07, 6.45) is 3.77. The first kappa shape index (κ1) is 29.6. The van der Waals surface area contributed by atoms with E-state index in [1.54, 1.807) is 0 Å². The predicted molar refractivity (Wildman–Crippen MR) is 216 cm³/mol. The number of hydrogen-bond acceptors (Lipinski definition) is 1. The molecule has 51 heavy (non-hydrogen) atoms. The van der Waals surface area contributed by atoms with Gasteiger partial charge >= 0.3 is 0 Å². The van der Waals surface area contributed by atoms with Gasteiger partial charge in [-0.25, -0.2) is 0 Å². The van der Waals surface area contributed by atoms with E-state index in [4.69, 9.17) is 0 Å². The maximum absolute atomic E-state index is 13.2. The minimum absolute atomic E-state index is 0.0882. The van der Waals surface area contributed by atoms with E-state index in [1.807, 2.05) is 24.3 Å². The maximum atomic E-state index is 13.2. The molecule has 0 aromatic heterocycles. The number of carbonyl (C=O) groups is 1. The smallest absolute Gasteiger partial charge is 0.255 e. The van der Waals surface area contributed by atoms with Gasteiger partial charge in [-0.15, -0.1) is 0 Å². The Morgan fingerprint density at radius 3 is 1.24 bits per heavy atom. The van der Waals surface area contributed by atoms with Crippen LogP contribution in [0.15, 0.2) is 158 Å². The van der Waals surface area contributed by atoms with Gasteiger partial charge in [0.05, 0.1) is 0 Å². The first-order valence-corrected chi connectivity index (χ1v) is 18.0. The molecule has 0 spiro atoms. The molecule has 242 valence electrons. The molecule has 0 bridgehead atoms. The Bertz CT molecular complexity index is 2850. The highest BCUT2D eigenvalue weighted by Crippen LogP contribution is 2.38. The number of carbonyl (C=O) groups excluding carboxylic acids is 1. The Morgan fingerprint density at radius 1 is 0.373 bits per heavy atom. The van der Waals surface area contributed by atoms with Crippen LogP contribution in [0.4, 0.5) is 5.69 Å². The molecular weight excluding hydrogens is 619 g/mol. The van der Waals surface area contributed by atoms with Gasteiger partial charge in [0.1, 0.15) is 0 Å². The van der Waals surface area contributed by atoms with Crippen molar-refractivity contribution in [3.8, 4) is 0 Å². The van der Waals surface area contributed by atoms with E-state index in [-0.39, 0.29) is 5.91 Å². The largest absolute Gasteiger partial charge is 0.322 e. The van der Waals surface area contributed by atoms with Gasteiger partial charge in [0.25, 0.3) is 5.91 Å². The summed E-state index contributed by atoms with van der Waals surface area (Å²) in [5.41, 5.74) is 6.70. The summed E-state index contributed by atoms with van der Waals surface area (Å²) < 4.78 is 0. The molecule has 1 N–H and O–H groups in total. The van der Waals surface area contributed by atoms with Crippen LogP contribution in [0.1, 0.15) is 32.6 Å². The van der Waals surface area contributed by atoms with Crippen molar-refractivity contribution in [3.05, 3.63) is 186 Å². The molecule has 0 unspecified atom stereocenters. The summed E-state index contributed by atoms with van der Waals surface area (Å²) in [5.74, 6) is -0.0882. The summed E-state index contributed by atoms with van der Waals surface area (Å²) in [6.45, 7) is 0. The average molecular weight is 654 g/mol. The number of hydrogen-bond donors (Lipinski definition) is 1. The molecule has 2 heteroatoms. The van der Waals surface area contributed by atoms with Crippen molar-refractivity contribution in [2.45, 2.75) is 25.7 Å². The minimum atomic E-state index is -0.0882. The van der Waals surface area contributed by atoms with Crippen LogP contribution in [0.2, 0.25) is 0 Å². The van der Waals surface area contributed by atoms with Crippen LogP contribution in [0.5, 0.6) is 0 Å². The van der Waals surface area contributed by atoms with Crippen LogP contribution in [0.25, 0.3) is 64.6 Å². The molecule has 0 fully saturated rings. The zero-order valence-electron chi connectivity index (χ0n) is 28.2. The molecule has 0 radical (unpaired) electrons. The highest BCUT2D eigenvalue weighted by Gasteiger charge is 2.13. The molecule has 0 saturated carbocycles. The average Bonchev–Trinajstić information content (AvgIpc) is 3.18. The van der Waals surface area contributed by atoms with Gasteiger partial charge in [-0.1, -0.05) is 133 Å². The van der Waals surface area contributed by atoms with Crippen LogP contribution in [0, 0.1) is 0 Å². The van der Waals surface area contributed by atoms with Crippen molar-refractivity contribution in [1.82, 2.24) is 0 Å². The van der Waals surface area contributed by atoms with Gasteiger partial charge in [0, 0.05) is 11.3 Å². The molecule has 0 saturated heterocycles. The standard InChI is InChI=1S/C49H35NO/c51-49(41-15-9-31(10-16-41)7-13-33-17-19-39-23-21-35-3-1-5-37-25-29-43(33)47(39)45(35)37)50-42-27-11-32(12-28-42)8-14-34-18-20-40-24-22-36-4-2-6-38-26-30-44(34)48(40)46(36)38/h1-6,9-12,15-30H,7-8,13-14H2,(H,50,51). The third-order valence-corrected chi connectivity index (χ3v) is 11.0. The number of anilines is 1. The first-order valence-electron chi connectivity index (χ1n) is 18.0. The highest BCUT2D eigenvalue weighted by atomic mass is 16.1. The third kappa shape index (κ3) is 5.14. The Kier molecular flexibility index (Phi) is 6.95. The van der Waals surface area contributed by atoms with Gasteiger partial charge in [-0.3, -0.25) is 4.79 Å². The number of aryl methyl sites for hydroxylation is 4. The zero-order valence-corrected chi connectivity index (χ0v) is 28.2. The van der Waals surface area contributed by atoms with E-state index >= 15 is 0 Å². The van der Waals surface area contributed by atoms with Gasteiger partial charge in [-0.2, -0.15) is 0 Å². The number of benzene rings is 10. The van der Waals surface area contributed by atoms with Gasteiger partial charge in [0.15, 0.2) is 0 Å². The molecule has 0 aliphatic carbocycles. The Labute approximate surface area is 296 Å². The second-order valence-corrected chi connectivity index (χ2v) is 14.0. The Hall–Kier alpha value is -6.25. The number of amides is 1. The van der Waals surface area contributed by atoms with Crippen LogP contribution in [-0.4, -0.2) is 5.91 Å². The second kappa shape index (κ2) is 12.0. The number of nitrogens with one attached hydrogen (secondary N) is 1. The quantitative estimate of drug-likeness (QED) is 0.162. The molecule has 0 atom stereocenters. The fourth-order valence-electron chi connectivity index (χ4n) is 8.37. The van der Waals surface area contributed by atoms with Gasteiger partial charge < -0.3 is 5.32 Å². The SMILES string of the molecule is O=C(Nc1ccc(CCc2ccc3ccc4cccc5ccc2c3c45)cc1)c1ccc(CCc2ccc3ccc4cccc5ccc2c3c45)cc1. The summed E-state index contributed by atoms with van der Waals surface area (Å²) in [7, 11) is 0. The van der Waals surface area contributed by atoms with Gasteiger partial charge in [0.2, 0.25) is 0 Å².